The van der Waals surface area contributed by atoms with Crippen LogP contribution in [0.25, 0.3) is 6.08 Å². The Hall–Kier alpha value is -1.54. The van der Waals surface area contributed by atoms with E-state index in [4.69, 9.17) is 4.42 Å². The van der Waals surface area contributed by atoms with Gasteiger partial charge in [0, 0.05) is 6.08 Å². The van der Waals surface area contributed by atoms with Crippen molar-refractivity contribution in [1.82, 2.24) is 5.32 Å². The van der Waals surface area contributed by atoms with E-state index in [0.717, 1.165) is 9.45 Å². The van der Waals surface area contributed by atoms with Crippen molar-refractivity contribution in [2.24, 2.45) is 4.99 Å². The van der Waals surface area contributed by atoms with Crippen molar-refractivity contribution in [3.8, 4) is 0 Å². The number of amidine groups is 1. The van der Waals surface area contributed by atoms with Crippen LogP contribution in [0.3, 0.4) is 0 Å². The van der Waals surface area contributed by atoms with Crippen LogP contribution in [-0.4, -0.2) is 11.1 Å². The van der Waals surface area contributed by atoms with Crippen LogP contribution in [0.2, 0.25) is 0 Å². The molecule has 3 rings (SSSR count). The summed E-state index contributed by atoms with van der Waals surface area (Å²) in [5.41, 5.74) is 0.809. The van der Waals surface area contributed by atoms with Gasteiger partial charge in [-0.25, -0.2) is 4.99 Å². The maximum atomic E-state index is 11.9. The number of hydrogen-bond donors (Lipinski definition) is 1. The maximum Gasteiger partial charge on any atom is 0.264 e. The van der Waals surface area contributed by atoms with Gasteiger partial charge in [0.2, 0.25) is 0 Å². The van der Waals surface area contributed by atoms with Crippen molar-refractivity contribution in [2.75, 3.05) is 0 Å². The van der Waals surface area contributed by atoms with E-state index >= 15 is 0 Å². The lowest BCUT2D eigenvalue weighted by atomic mass is 10.3. The number of carbonyl (C=O) groups excluding carboxylic acids is 1. The van der Waals surface area contributed by atoms with Gasteiger partial charge in [-0.15, -0.1) is 0 Å². The zero-order chi connectivity index (χ0) is 13.9. The first-order valence-electron chi connectivity index (χ1n) is 5.81. The standard InChI is InChI=1S/C14H9IN2O2S/c15-12-7-6-10(19-12)8-11-13(18)17-14(20-11)16-9-4-2-1-3-5-9/h1-8H,(H,16,17,18). The fourth-order valence-corrected chi connectivity index (χ4v) is 2.89. The van der Waals surface area contributed by atoms with E-state index in [1.54, 1.807) is 6.08 Å². The minimum Gasteiger partial charge on any atom is -0.451 e. The zero-order valence-electron chi connectivity index (χ0n) is 10.2. The van der Waals surface area contributed by atoms with E-state index in [-0.39, 0.29) is 5.91 Å². The van der Waals surface area contributed by atoms with Crippen LogP contribution >= 0.6 is 34.4 Å². The number of nitrogens with zero attached hydrogens (tertiary/aromatic N) is 1. The summed E-state index contributed by atoms with van der Waals surface area (Å²) in [6.07, 6.45) is 1.72. The lowest BCUT2D eigenvalue weighted by Crippen LogP contribution is -2.19. The largest absolute Gasteiger partial charge is 0.451 e. The van der Waals surface area contributed by atoms with Crippen LogP contribution in [0.4, 0.5) is 5.69 Å². The second-order valence-corrected chi connectivity index (χ2v) is 6.05. The van der Waals surface area contributed by atoms with Crippen LogP contribution in [0.5, 0.6) is 0 Å². The molecule has 1 aromatic carbocycles. The Morgan fingerprint density at radius 2 is 2.00 bits per heavy atom. The number of rotatable bonds is 2. The number of hydrogen-bond acceptors (Lipinski definition) is 4. The molecule has 0 aliphatic carbocycles. The first kappa shape index (κ1) is 13.4. The van der Waals surface area contributed by atoms with Crippen molar-refractivity contribution in [2.45, 2.75) is 0 Å². The molecule has 0 atom stereocenters. The molecular weight excluding hydrogens is 387 g/mol. The Labute approximate surface area is 133 Å². The number of nitrogens with one attached hydrogen (secondary N) is 1. The number of halogens is 1. The Bertz CT molecular complexity index is 707. The lowest BCUT2D eigenvalue weighted by molar-refractivity contribution is -0.115. The minimum atomic E-state index is -0.156. The van der Waals surface area contributed by atoms with Gasteiger partial charge in [-0.05, 0) is 58.6 Å². The van der Waals surface area contributed by atoms with E-state index in [9.17, 15) is 4.79 Å². The quantitative estimate of drug-likeness (QED) is 0.621. The molecule has 1 aliphatic rings. The van der Waals surface area contributed by atoms with Gasteiger partial charge in [0.25, 0.3) is 5.91 Å². The van der Waals surface area contributed by atoms with E-state index in [1.165, 1.54) is 11.8 Å². The van der Waals surface area contributed by atoms with E-state index in [1.807, 2.05) is 42.5 Å². The van der Waals surface area contributed by atoms with Gasteiger partial charge in [-0.1, -0.05) is 18.2 Å². The smallest absolute Gasteiger partial charge is 0.264 e. The predicted octanol–water partition coefficient (Wildman–Crippen LogP) is 3.78. The molecule has 1 aromatic heterocycles. The first-order chi connectivity index (χ1) is 9.70. The van der Waals surface area contributed by atoms with Crippen molar-refractivity contribution >= 4 is 57.2 Å². The van der Waals surface area contributed by atoms with Gasteiger partial charge < -0.3 is 9.73 Å². The number of para-hydroxylation sites is 1. The SMILES string of the molecule is O=C1NC(=Nc2ccccc2)SC1=Cc1ccc(I)o1. The number of aliphatic imine (C=N–C) groups is 1. The van der Waals surface area contributed by atoms with Crippen LogP contribution in [-0.2, 0) is 4.79 Å². The van der Waals surface area contributed by atoms with Gasteiger partial charge in [0.15, 0.2) is 8.93 Å². The number of thioether (sulfide) groups is 1. The molecule has 1 saturated heterocycles. The van der Waals surface area contributed by atoms with Crippen molar-refractivity contribution < 1.29 is 9.21 Å². The molecule has 1 aliphatic heterocycles. The maximum absolute atomic E-state index is 11.9. The predicted molar refractivity (Wildman–Crippen MR) is 88.7 cm³/mol. The molecular formula is C14H9IN2O2S. The molecule has 0 unspecified atom stereocenters. The first-order valence-corrected chi connectivity index (χ1v) is 7.70. The van der Waals surface area contributed by atoms with Crippen molar-refractivity contribution in [3.63, 3.8) is 0 Å². The topological polar surface area (TPSA) is 54.6 Å². The molecule has 1 fully saturated rings. The molecule has 0 spiro atoms. The van der Waals surface area contributed by atoms with Gasteiger partial charge in [-0.3, -0.25) is 4.79 Å². The Morgan fingerprint density at radius 1 is 1.20 bits per heavy atom. The summed E-state index contributed by atoms with van der Waals surface area (Å²) in [6.45, 7) is 0. The molecule has 0 saturated carbocycles. The molecule has 6 heteroatoms. The average Bonchev–Trinajstić information content (AvgIpc) is 2.98. The third kappa shape index (κ3) is 3.13. The summed E-state index contributed by atoms with van der Waals surface area (Å²) >= 11 is 3.39. The number of amides is 1. The molecule has 2 aromatic rings. The van der Waals surface area contributed by atoms with Crippen LogP contribution in [0, 0.1) is 3.77 Å². The van der Waals surface area contributed by atoms with Crippen LogP contribution in [0.1, 0.15) is 5.76 Å². The highest BCUT2D eigenvalue weighted by atomic mass is 127. The lowest BCUT2D eigenvalue weighted by Gasteiger charge is -1.94. The van der Waals surface area contributed by atoms with E-state index < -0.39 is 0 Å². The van der Waals surface area contributed by atoms with Crippen molar-refractivity contribution in [3.05, 3.63) is 56.9 Å². The highest BCUT2D eigenvalue weighted by molar-refractivity contribution is 14.1. The molecule has 100 valence electrons. The van der Waals surface area contributed by atoms with E-state index in [2.05, 4.69) is 32.9 Å². The zero-order valence-corrected chi connectivity index (χ0v) is 13.1. The fourth-order valence-electron chi connectivity index (χ4n) is 1.64. The van der Waals surface area contributed by atoms with Gasteiger partial charge in [-0.2, -0.15) is 0 Å². The number of carbonyl (C=O) groups is 1. The highest BCUT2D eigenvalue weighted by Gasteiger charge is 2.24. The average molecular weight is 396 g/mol. The van der Waals surface area contributed by atoms with Crippen molar-refractivity contribution in [1.29, 1.82) is 0 Å². The molecule has 1 N–H and O–H groups in total. The molecule has 0 bridgehead atoms. The Kier molecular flexibility index (Phi) is 3.93. The summed E-state index contributed by atoms with van der Waals surface area (Å²) in [7, 11) is 0. The molecule has 1 amide bonds. The molecule has 4 nitrogen and oxygen atoms in total. The third-order valence-electron chi connectivity index (χ3n) is 2.51. The van der Waals surface area contributed by atoms with E-state index in [0.29, 0.717) is 15.8 Å². The summed E-state index contributed by atoms with van der Waals surface area (Å²) < 4.78 is 6.21. The minimum absolute atomic E-state index is 0.156. The van der Waals surface area contributed by atoms with Gasteiger partial charge in [0.05, 0.1) is 10.6 Å². The highest BCUT2D eigenvalue weighted by Crippen LogP contribution is 2.28. The Balaban J connectivity index is 1.82. The second-order valence-electron chi connectivity index (χ2n) is 3.96. The number of benzene rings is 1. The summed E-state index contributed by atoms with van der Waals surface area (Å²) in [5.74, 6) is 0.504. The molecule has 20 heavy (non-hydrogen) atoms. The molecule has 0 radical (unpaired) electrons. The number of furan rings is 1. The summed E-state index contributed by atoms with van der Waals surface area (Å²) in [6, 6.07) is 13.2. The third-order valence-corrected chi connectivity index (χ3v) is 3.99. The summed E-state index contributed by atoms with van der Waals surface area (Å²) in [5, 5.41) is 3.32. The fraction of sp³-hybridized carbons (Fsp3) is 0. The molecule has 2 heterocycles. The Morgan fingerprint density at radius 3 is 2.70 bits per heavy atom. The van der Waals surface area contributed by atoms with Crippen LogP contribution in [0.15, 0.2) is 56.8 Å². The second kappa shape index (κ2) is 5.84. The normalized spacial score (nSPS) is 18.8. The van der Waals surface area contributed by atoms with Gasteiger partial charge in [0.1, 0.15) is 5.76 Å². The van der Waals surface area contributed by atoms with Gasteiger partial charge >= 0.3 is 0 Å². The van der Waals surface area contributed by atoms with Crippen LogP contribution < -0.4 is 5.32 Å². The monoisotopic (exact) mass is 396 g/mol. The summed E-state index contributed by atoms with van der Waals surface area (Å²) in [4.78, 5) is 16.8.